The lowest BCUT2D eigenvalue weighted by molar-refractivity contribution is -0.142. The van der Waals surface area contributed by atoms with Crippen molar-refractivity contribution in [3.05, 3.63) is 29.3 Å². The predicted octanol–water partition coefficient (Wildman–Crippen LogP) is 2.27. The van der Waals surface area contributed by atoms with Crippen LogP contribution in [0.3, 0.4) is 0 Å². The van der Waals surface area contributed by atoms with Gasteiger partial charge >= 0.3 is 11.9 Å². The molecule has 3 rings (SSSR count). The zero-order chi connectivity index (χ0) is 17.8. The van der Waals surface area contributed by atoms with Crippen molar-refractivity contribution in [1.29, 1.82) is 0 Å². The Balaban J connectivity index is 1.70. The van der Waals surface area contributed by atoms with Crippen LogP contribution in [0.25, 0.3) is 0 Å². The molecule has 2 atom stereocenters. The monoisotopic (exact) mass is 346 g/mol. The van der Waals surface area contributed by atoms with Gasteiger partial charge in [-0.25, -0.2) is 0 Å². The highest BCUT2D eigenvalue weighted by Gasteiger charge is 2.37. The third kappa shape index (κ3) is 4.12. The van der Waals surface area contributed by atoms with Crippen molar-refractivity contribution in [2.75, 3.05) is 25.5 Å². The van der Waals surface area contributed by atoms with Crippen LogP contribution in [0.4, 0.5) is 5.69 Å². The van der Waals surface area contributed by atoms with Crippen LogP contribution < -0.4 is 5.32 Å². The van der Waals surface area contributed by atoms with Crippen LogP contribution in [0.5, 0.6) is 0 Å². The summed E-state index contributed by atoms with van der Waals surface area (Å²) in [5.41, 5.74) is 3.66. The summed E-state index contributed by atoms with van der Waals surface area (Å²) in [4.78, 5) is 25.1. The van der Waals surface area contributed by atoms with Gasteiger partial charge < -0.3 is 15.2 Å². The van der Waals surface area contributed by atoms with Crippen LogP contribution in [0.15, 0.2) is 18.2 Å². The summed E-state index contributed by atoms with van der Waals surface area (Å²) >= 11 is 0. The van der Waals surface area contributed by atoms with E-state index in [0.717, 1.165) is 24.9 Å². The van der Waals surface area contributed by atoms with E-state index in [0.29, 0.717) is 32.4 Å². The summed E-state index contributed by atoms with van der Waals surface area (Å²) in [7, 11) is 1.38. The Kier molecular flexibility index (Phi) is 5.58. The fourth-order valence-electron chi connectivity index (χ4n) is 3.99. The number of benzene rings is 1. The van der Waals surface area contributed by atoms with Crippen LogP contribution in [-0.4, -0.2) is 48.2 Å². The molecule has 1 aromatic carbocycles. The van der Waals surface area contributed by atoms with Crippen molar-refractivity contribution >= 4 is 17.6 Å². The number of para-hydroxylation sites is 1. The number of methoxy groups -OCH3 is 1. The number of carboxylic acids is 1. The number of aliphatic carboxylic acids is 1. The van der Waals surface area contributed by atoms with Crippen LogP contribution >= 0.6 is 0 Å². The average molecular weight is 346 g/mol. The van der Waals surface area contributed by atoms with Gasteiger partial charge in [0.05, 0.1) is 7.11 Å². The minimum absolute atomic E-state index is 0.215. The van der Waals surface area contributed by atoms with Crippen LogP contribution in [-0.2, 0) is 27.3 Å². The fraction of sp³-hybridized carbons (Fsp3) is 0.579. The molecular formula is C19H26N2O4. The van der Waals surface area contributed by atoms with E-state index in [9.17, 15) is 14.7 Å². The number of carbonyl (C=O) groups is 2. The number of aryl methyl sites for hydroxylation is 1. The number of nitrogens with zero attached hydrogens (tertiary/aromatic N) is 1. The molecule has 0 amide bonds. The molecule has 25 heavy (non-hydrogen) atoms. The quantitative estimate of drug-likeness (QED) is 0.770. The summed E-state index contributed by atoms with van der Waals surface area (Å²) in [6.07, 6.45) is 3.82. The van der Waals surface area contributed by atoms with Gasteiger partial charge in [-0.05, 0) is 42.7 Å². The Labute approximate surface area is 148 Å². The van der Waals surface area contributed by atoms with Crippen molar-refractivity contribution < 1.29 is 19.4 Å². The van der Waals surface area contributed by atoms with E-state index in [-0.39, 0.29) is 11.9 Å². The third-order valence-corrected chi connectivity index (χ3v) is 5.29. The standard InChI is InChI=1S/C19H26N2O4/c1-25-17(22)8-7-13-10-16(19(23)24)21(11-13)12-15-5-2-4-14-6-3-9-20-18(14)15/h2,4-5,13,16,20H,3,6-12H2,1H3,(H,23,24)/t13-,16-/m1/s1. The van der Waals surface area contributed by atoms with Gasteiger partial charge in [0.25, 0.3) is 0 Å². The summed E-state index contributed by atoms with van der Waals surface area (Å²) in [6.45, 7) is 2.30. The maximum Gasteiger partial charge on any atom is 0.320 e. The Morgan fingerprint density at radius 1 is 1.40 bits per heavy atom. The second kappa shape index (κ2) is 7.87. The minimum atomic E-state index is -0.779. The van der Waals surface area contributed by atoms with Crippen molar-refractivity contribution in [3.63, 3.8) is 0 Å². The van der Waals surface area contributed by atoms with Gasteiger partial charge in [0.15, 0.2) is 0 Å². The number of rotatable bonds is 6. The number of hydrogen-bond acceptors (Lipinski definition) is 5. The van der Waals surface area contributed by atoms with E-state index in [4.69, 9.17) is 4.74 Å². The molecule has 0 unspecified atom stereocenters. The van der Waals surface area contributed by atoms with Crippen molar-refractivity contribution in [2.24, 2.45) is 5.92 Å². The van der Waals surface area contributed by atoms with Gasteiger partial charge in [0, 0.05) is 31.7 Å². The molecule has 0 radical (unpaired) electrons. The molecule has 0 spiro atoms. The molecule has 136 valence electrons. The third-order valence-electron chi connectivity index (χ3n) is 5.29. The highest BCUT2D eigenvalue weighted by molar-refractivity contribution is 5.74. The Morgan fingerprint density at radius 2 is 2.24 bits per heavy atom. The van der Waals surface area contributed by atoms with Gasteiger partial charge in [-0.2, -0.15) is 0 Å². The van der Waals surface area contributed by atoms with Crippen molar-refractivity contribution in [3.8, 4) is 0 Å². The fourth-order valence-corrected chi connectivity index (χ4v) is 3.99. The highest BCUT2D eigenvalue weighted by Crippen LogP contribution is 2.32. The number of esters is 1. The number of likely N-dealkylation sites (tertiary alicyclic amines) is 1. The zero-order valence-electron chi connectivity index (χ0n) is 14.7. The topological polar surface area (TPSA) is 78.9 Å². The molecule has 2 heterocycles. The van der Waals surface area contributed by atoms with Crippen LogP contribution in [0.1, 0.15) is 36.8 Å². The normalized spacial score (nSPS) is 22.9. The van der Waals surface area contributed by atoms with E-state index in [2.05, 4.69) is 23.5 Å². The van der Waals surface area contributed by atoms with Gasteiger partial charge in [-0.15, -0.1) is 0 Å². The molecule has 0 aliphatic carbocycles. The molecule has 1 saturated heterocycles. The molecule has 2 aliphatic rings. The van der Waals surface area contributed by atoms with E-state index in [1.165, 1.54) is 18.4 Å². The second-order valence-corrected chi connectivity index (χ2v) is 6.98. The van der Waals surface area contributed by atoms with Gasteiger partial charge in [-0.1, -0.05) is 18.2 Å². The first kappa shape index (κ1) is 17.7. The maximum atomic E-state index is 11.7. The lowest BCUT2D eigenvalue weighted by Gasteiger charge is -2.26. The SMILES string of the molecule is COC(=O)CC[C@@H]1C[C@H](C(=O)O)N(Cc2cccc3c2NCCC3)C1. The van der Waals surface area contributed by atoms with E-state index >= 15 is 0 Å². The van der Waals surface area contributed by atoms with E-state index in [1.807, 2.05) is 4.90 Å². The molecule has 6 heteroatoms. The molecule has 0 bridgehead atoms. The number of fused-ring (bicyclic) bond motifs is 1. The first-order valence-corrected chi connectivity index (χ1v) is 8.96. The highest BCUT2D eigenvalue weighted by atomic mass is 16.5. The van der Waals surface area contributed by atoms with Gasteiger partial charge in [-0.3, -0.25) is 14.5 Å². The molecule has 6 nitrogen and oxygen atoms in total. The predicted molar refractivity (Wildman–Crippen MR) is 94.4 cm³/mol. The molecule has 0 saturated carbocycles. The summed E-state index contributed by atoms with van der Waals surface area (Å²) in [5.74, 6) is -0.794. The Hall–Kier alpha value is -2.08. The lowest BCUT2D eigenvalue weighted by atomic mass is 9.99. The maximum absolute atomic E-state index is 11.7. The van der Waals surface area contributed by atoms with Crippen molar-refractivity contribution in [1.82, 2.24) is 4.90 Å². The van der Waals surface area contributed by atoms with Crippen LogP contribution in [0.2, 0.25) is 0 Å². The number of anilines is 1. The molecular weight excluding hydrogens is 320 g/mol. The number of hydrogen-bond donors (Lipinski definition) is 2. The average Bonchev–Trinajstić information content (AvgIpc) is 3.03. The molecule has 1 fully saturated rings. The second-order valence-electron chi connectivity index (χ2n) is 6.98. The summed E-state index contributed by atoms with van der Waals surface area (Å²) < 4.78 is 4.69. The molecule has 1 aromatic rings. The largest absolute Gasteiger partial charge is 0.480 e. The smallest absolute Gasteiger partial charge is 0.320 e. The lowest BCUT2D eigenvalue weighted by Crippen LogP contribution is -2.35. The first-order chi connectivity index (χ1) is 12.1. The molecule has 0 aromatic heterocycles. The summed E-state index contributed by atoms with van der Waals surface area (Å²) in [5, 5.41) is 13.1. The molecule has 2 N–H and O–H groups in total. The number of carboxylic acid groups (broad SMARTS) is 1. The Bertz CT molecular complexity index is 646. The number of ether oxygens (including phenoxy) is 1. The number of carbonyl (C=O) groups excluding carboxylic acids is 1. The van der Waals surface area contributed by atoms with Crippen LogP contribution in [0, 0.1) is 5.92 Å². The first-order valence-electron chi connectivity index (χ1n) is 8.96. The molecule has 2 aliphatic heterocycles. The number of nitrogens with one attached hydrogen (secondary N) is 1. The van der Waals surface area contributed by atoms with E-state index in [1.54, 1.807) is 0 Å². The van der Waals surface area contributed by atoms with Crippen molar-refractivity contribution in [2.45, 2.75) is 44.7 Å². The minimum Gasteiger partial charge on any atom is -0.480 e. The zero-order valence-corrected chi connectivity index (χ0v) is 14.7. The Morgan fingerprint density at radius 3 is 3.00 bits per heavy atom. The van der Waals surface area contributed by atoms with Gasteiger partial charge in [0.1, 0.15) is 6.04 Å². The van der Waals surface area contributed by atoms with Gasteiger partial charge in [0.2, 0.25) is 0 Å². The summed E-state index contributed by atoms with van der Waals surface area (Å²) in [6, 6.07) is 5.80. The van der Waals surface area contributed by atoms with E-state index < -0.39 is 12.0 Å².